The Morgan fingerprint density at radius 1 is 1.18 bits per heavy atom. The summed E-state index contributed by atoms with van der Waals surface area (Å²) in [7, 11) is 1.82. The maximum atomic E-state index is 12.2. The fourth-order valence-corrected chi connectivity index (χ4v) is 1.67. The third-order valence-electron chi connectivity index (χ3n) is 3.35. The summed E-state index contributed by atoms with van der Waals surface area (Å²) in [6, 6.07) is 9.11. The number of nitrogens with two attached hydrogens (primary N) is 1. The number of benzene rings is 1. The van der Waals surface area contributed by atoms with Crippen molar-refractivity contribution >= 4 is 5.91 Å². The molecule has 0 heterocycles. The molecule has 94 valence electrons. The first-order valence-electron chi connectivity index (χ1n) is 6.02. The molecule has 1 aromatic rings. The predicted molar refractivity (Wildman–Crippen MR) is 70.4 cm³/mol. The fraction of sp³-hybridized carbons (Fsp3) is 0.500. The molecule has 1 rings (SSSR count). The van der Waals surface area contributed by atoms with Crippen LogP contribution in [0.5, 0.6) is 0 Å². The predicted octanol–water partition coefficient (Wildman–Crippen LogP) is 2.19. The van der Waals surface area contributed by atoms with Crippen molar-refractivity contribution in [2.75, 3.05) is 7.05 Å². The summed E-state index contributed by atoms with van der Waals surface area (Å²) in [6.07, 6.45) is 0. The number of rotatable bonds is 4. The second kappa shape index (κ2) is 5.82. The van der Waals surface area contributed by atoms with Crippen LogP contribution >= 0.6 is 0 Å². The van der Waals surface area contributed by atoms with Crippen molar-refractivity contribution in [3.05, 3.63) is 35.9 Å². The van der Waals surface area contributed by atoms with Crippen molar-refractivity contribution in [3.63, 3.8) is 0 Å². The first-order valence-corrected chi connectivity index (χ1v) is 6.02. The van der Waals surface area contributed by atoms with E-state index >= 15 is 0 Å². The summed E-state index contributed by atoms with van der Waals surface area (Å²) in [5, 5.41) is 0. The number of hydrogen-bond donors (Lipinski definition) is 1. The van der Waals surface area contributed by atoms with Crippen LogP contribution in [0, 0.1) is 5.92 Å². The Hall–Kier alpha value is -1.35. The smallest absolute Gasteiger partial charge is 0.244 e. The zero-order chi connectivity index (χ0) is 13.0. The lowest BCUT2D eigenvalue weighted by Crippen LogP contribution is -2.43. The number of carbonyl (C=O) groups is 1. The van der Waals surface area contributed by atoms with Crippen LogP contribution in [0.25, 0.3) is 0 Å². The molecule has 0 bridgehead atoms. The zero-order valence-corrected chi connectivity index (χ0v) is 11.1. The summed E-state index contributed by atoms with van der Waals surface area (Å²) >= 11 is 0. The minimum absolute atomic E-state index is 0.0302. The van der Waals surface area contributed by atoms with E-state index in [9.17, 15) is 4.79 Å². The number of amides is 1. The van der Waals surface area contributed by atoms with Gasteiger partial charge in [0.05, 0.1) is 0 Å². The Labute approximate surface area is 104 Å². The van der Waals surface area contributed by atoms with Crippen LogP contribution in [0.3, 0.4) is 0 Å². The van der Waals surface area contributed by atoms with Crippen LogP contribution in [0.4, 0.5) is 0 Å². The van der Waals surface area contributed by atoms with Gasteiger partial charge in [-0.15, -0.1) is 0 Å². The summed E-state index contributed by atoms with van der Waals surface area (Å²) in [5.41, 5.74) is 6.85. The standard InChI is InChI=1S/C14H22N2O/c1-10(2)11(3)16(4)14(17)13(15)12-8-6-5-7-9-12/h5-11,13H,15H2,1-4H3/t11?,13-/m0/s1. The monoisotopic (exact) mass is 234 g/mol. The van der Waals surface area contributed by atoms with Crippen LogP contribution in [-0.4, -0.2) is 23.9 Å². The third kappa shape index (κ3) is 3.30. The first-order chi connectivity index (χ1) is 7.95. The highest BCUT2D eigenvalue weighted by Gasteiger charge is 2.24. The van der Waals surface area contributed by atoms with Gasteiger partial charge in [-0.05, 0) is 18.4 Å². The van der Waals surface area contributed by atoms with Crippen LogP contribution in [0.15, 0.2) is 30.3 Å². The molecule has 17 heavy (non-hydrogen) atoms. The third-order valence-corrected chi connectivity index (χ3v) is 3.35. The Bertz CT molecular complexity index is 362. The highest BCUT2D eigenvalue weighted by atomic mass is 16.2. The minimum atomic E-state index is -0.567. The van der Waals surface area contributed by atoms with Crippen LogP contribution in [0.2, 0.25) is 0 Å². The largest absolute Gasteiger partial charge is 0.341 e. The lowest BCUT2D eigenvalue weighted by atomic mass is 10.0. The molecule has 3 heteroatoms. The highest BCUT2D eigenvalue weighted by molar-refractivity contribution is 5.83. The normalized spacial score (nSPS) is 14.5. The molecule has 3 nitrogen and oxygen atoms in total. The molecule has 0 radical (unpaired) electrons. The molecule has 2 N–H and O–H groups in total. The Morgan fingerprint density at radius 3 is 2.18 bits per heavy atom. The maximum absolute atomic E-state index is 12.2. The quantitative estimate of drug-likeness (QED) is 0.868. The molecule has 0 saturated heterocycles. The second-order valence-corrected chi connectivity index (χ2v) is 4.82. The van der Waals surface area contributed by atoms with Gasteiger partial charge in [-0.25, -0.2) is 0 Å². The van der Waals surface area contributed by atoms with E-state index < -0.39 is 6.04 Å². The molecule has 2 atom stereocenters. The van der Waals surface area contributed by atoms with Gasteiger partial charge in [-0.1, -0.05) is 44.2 Å². The molecule has 0 aliphatic rings. The van der Waals surface area contributed by atoms with E-state index in [1.807, 2.05) is 44.3 Å². The lowest BCUT2D eigenvalue weighted by Gasteiger charge is -2.30. The Kier molecular flexibility index (Phi) is 4.70. The van der Waals surface area contributed by atoms with Gasteiger partial charge < -0.3 is 10.6 Å². The van der Waals surface area contributed by atoms with E-state index in [0.717, 1.165) is 5.56 Å². The van der Waals surface area contributed by atoms with E-state index in [-0.39, 0.29) is 11.9 Å². The molecule has 0 aliphatic carbocycles. The summed E-state index contributed by atoms with van der Waals surface area (Å²) < 4.78 is 0. The van der Waals surface area contributed by atoms with E-state index in [2.05, 4.69) is 13.8 Å². The number of hydrogen-bond acceptors (Lipinski definition) is 2. The summed E-state index contributed by atoms with van der Waals surface area (Å²) in [6.45, 7) is 6.24. The summed E-state index contributed by atoms with van der Waals surface area (Å²) in [4.78, 5) is 13.9. The van der Waals surface area contributed by atoms with Crippen molar-refractivity contribution in [2.24, 2.45) is 11.7 Å². The van der Waals surface area contributed by atoms with Crippen LogP contribution in [0.1, 0.15) is 32.4 Å². The van der Waals surface area contributed by atoms with Crippen LogP contribution < -0.4 is 5.73 Å². The number of carbonyl (C=O) groups excluding carboxylic acids is 1. The topological polar surface area (TPSA) is 46.3 Å². The average molecular weight is 234 g/mol. The van der Waals surface area contributed by atoms with Gasteiger partial charge in [0.15, 0.2) is 0 Å². The average Bonchev–Trinajstić information content (AvgIpc) is 2.36. The zero-order valence-electron chi connectivity index (χ0n) is 11.1. The van der Waals surface area contributed by atoms with E-state index in [1.165, 1.54) is 0 Å². The van der Waals surface area contributed by atoms with Crippen molar-refractivity contribution in [2.45, 2.75) is 32.9 Å². The molecule has 0 aliphatic heterocycles. The molecular formula is C14H22N2O. The molecule has 1 unspecified atom stereocenters. The highest BCUT2D eigenvalue weighted by Crippen LogP contribution is 2.16. The molecule has 0 aromatic heterocycles. The number of nitrogens with zero attached hydrogens (tertiary/aromatic N) is 1. The number of likely N-dealkylation sites (N-methyl/N-ethyl adjacent to an activating group) is 1. The molecular weight excluding hydrogens is 212 g/mol. The fourth-order valence-electron chi connectivity index (χ4n) is 1.67. The van der Waals surface area contributed by atoms with Gasteiger partial charge >= 0.3 is 0 Å². The second-order valence-electron chi connectivity index (χ2n) is 4.82. The van der Waals surface area contributed by atoms with Gasteiger partial charge in [0.25, 0.3) is 0 Å². The van der Waals surface area contributed by atoms with Crippen molar-refractivity contribution in [3.8, 4) is 0 Å². The molecule has 0 fully saturated rings. The van der Waals surface area contributed by atoms with E-state index in [0.29, 0.717) is 5.92 Å². The van der Waals surface area contributed by atoms with Gasteiger partial charge in [-0.3, -0.25) is 4.79 Å². The van der Waals surface area contributed by atoms with Crippen molar-refractivity contribution in [1.82, 2.24) is 4.90 Å². The van der Waals surface area contributed by atoms with Crippen LogP contribution in [-0.2, 0) is 4.79 Å². The Morgan fingerprint density at radius 2 is 1.71 bits per heavy atom. The van der Waals surface area contributed by atoms with E-state index in [4.69, 9.17) is 5.73 Å². The maximum Gasteiger partial charge on any atom is 0.244 e. The van der Waals surface area contributed by atoms with E-state index in [1.54, 1.807) is 4.90 Å². The van der Waals surface area contributed by atoms with Crippen molar-refractivity contribution in [1.29, 1.82) is 0 Å². The van der Waals surface area contributed by atoms with Gasteiger partial charge in [0.1, 0.15) is 6.04 Å². The van der Waals surface area contributed by atoms with Gasteiger partial charge in [0.2, 0.25) is 5.91 Å². The van der Waals surface area contributed by atoms with Gasteiger partial charge in [-0.2, -0.15) is 0 Å². The molecule has 0 saturated carbocycles. The van der Waals surface area contributed by atoms with Crippen molar-refractivity contribution < 1.29 is 4.79 Å². The Balaban J connectivity index is 2.77. The van der Waals surface area contributed by atoms with Gasteiger partial charge in [0, 0.05) is 13.1 Å². The molecule has 0 spiro atoms. The summed E-state index contributed by atoms with van der Waals surface area (Å²) in [5.74, 6) is 0.393. The minimum Gasteiger partial charge on any atom is -0.341 e. The first kappa shape index (κ1) is 13.7. The molecule has 1 aromatic carbocycles. The lowest BCUT2D eigenvalue weighted by molar-refractivity contribution is -0.134. The SMILES string of the molecule is CC(C)C(C)N(C)C(=O)[C@@H](N)c1ccccc1. The molecule has 1 amide bonds.